The van der Waals surface area contributed by atoms with Crippen LogP contribution < -0.4 is 20.3 Å². The number of azo groups is 2. The molecule has 0 unspecified atom stereocenters. The van der Waals surface area contributed by atoms with E-state index < -0.39 is 0 Å². The number of ether oxygens (including phenoxy) is 2. The predicted octanol–water partition coefficient (Wildman–Crippen LogP) is 10.5. The Hall–Kier alpha value is -6.94. The molecule has 0 aliphatic rings. The second kappa shape index (κ2) is 16.8. The third-order valence-corrected chi connectivity index (χ3v) is 7.39. The third-order valence-electron chi connectivity index (χ3n) is 7.39. The van der Waals surface area contributed by atoms with E-state index >= 15 is 0 Å². The number of hydrogen-bond acceptors (Lipinski definition) is 8. The van der Waals surface area contributed by atoms with Crippen molar-refractivity contribution in [3.63, 3.8) is 0 Å². The van der Waals surface area contributed by atoms with Gasteiger partial charge in [0.05, 0.1) is 25.6 Å². The lowest BCUT2D eigenvalue weighted by atomic mass is 10.0. The van der Waals surface area contributed by atoms with Gasteiger partial charge in [-0.2, -0.15) is 10.2 Å². The zero-order valence-electron chi connectivity index (χ0n) is 27.5. The molecule has 50 heavy (non-hydrogen) atoms. The molecule has 0 amide bonds. The Morgan fingerprint density at radius 1 is 0.440 bits per heavy atom. The topological polar surface area (TPSA) is 117 Å². The highest BCUT2D eigenvalue weighted by Crippen LogP contribution is 2.37. The first-order valence-electron chi connectivity index (χ1n) is 15.8. The number of hydrazone groups is 2. The van der Waals surface area contributed by atoms with Crippen LogP contribution in [0.2, 0.25) is 0 Å². The van der Waals surface area contributed by atoms with Crippen molar-refractivity contribution < 1.29 is 9.47 Å². The standard InChI is InChI=1S/C40H34N8O2/c1-49-37-27-31(23-25-35(37)43-47-39(29-15-7-3-8-16-29)45-41-33-19-11-5-12-20-33)32-24-26-36(38(28-32)50-2)44-48-40(30-17-9-4-10-18-30)46-42-34-21-13-6-14-22-34/h3-28,41-42H,1-2H3/b45-39+,46-40+,47-43?,48-44?. The third kappa shape index (κ3) is 8.69. The lowest BCUT2D eigenvalue weighted by Gasteiger charge is -2.10. The zero-order valence-corrected chi connectivity index (χ0v) is 27.5. The lowest BCUT2D eigenvalue weighted by molar-refractivity contribution is 0.415. The summed E-state index contributed by atoms with van der Waals surface area (Å²) in [5.41, 5.74) is 12.3. The van der Waals surface area contributed by atoms with Crippen LogP contribution in [-0.2, 0) is 0 Å². The Balaban J connectivity index is 1.24. The van der Waals surface area contributed by atoms with Crippen LogP contribution in [-0.4, -0.2) is 25.9 Å². The van der Waals surface area contributed by atoms with Gasteiger partial charge in [0.1, 0.15) is 22.9 Å². The van der Waals surface area contributed by atoms with Gasteiger partial charge in [0, 0.05) is 11.1 Å². The maximum Gasteiger partial charge on any atom is 0.201 e. The summed E-state index contributed by atoms with van der Waals surface area (Å²) in [6, 6.07) is 50.1. The van der Waals surface area contributed by atoms with Crippen molar-refractivity contribution in [1.29, 1.82) is 0 Å². The van der Waals surface area contributed by atoms with E-state index in [1.807, 2.05) is 158 Å². The molecule has 10 nitrogen and oxygen atoms in total. The van der Waals surface area contributed by atoms with Crippen LogP contribution >= 0.6 is 0 Å². The lowest BCUT2D eigenvalue weighted by Crippen LogP contribution is -2.01. The molecule has 0 bridgehead atoms. The molecule has 0 aliphatic heterocycles. The molecular weight excluding hydrogens is 624 g/mol. The van der Waals surface area contributed by atoms with Gasteiger partial charge in [-0.25, -0.2) is 0 Å². The van der Waals surface area contributed by atoms with Gasteiger partial charge in [-0.1, -0.05) is 109 Å². The number of para-hydroxylation sites is 2. The maximum atomic E-state index is 5.72. The number of hydrogen-bond donors (Lipinski definition) is 2. The second-order valence-electron chi connectivity index (χ2n) is 10.7. The van der Waals surface area contributed by atoms with Gasteiger partial charge in [0.15, 0.2) is 0 Å². The van der Waals surface area contributed by atoms with E-state index in [1.54, 1.807) is 14.2 Å². The van der Waals surface area contributed by atoms with Crippen LogP contribution in [0.15, 0.2) is 188 Å². The van der Waals surface area contributed by atoms with Gasteiger partial charge in [-0.05, 0) is 59.7 Å². The molecule has 10 heteroatoms. The number of methoxy groups -OCH3 is 2. The largest absolute Gasteiger partial charge is 0.494 e. The molecule has 0 aliphatic carbocycles. The fourth-order valence-electron chi connectivity index (χ4n) is 4.81. The Kier molecular flexibility index (Phi) is 11.0. The summed E-state index contributed by atoms with van der Waals surface area (Å²) >= 11 is 0. The molecule has 0 saturated carbocycles. The Morgan fingerprint density at radius 3 is 1.16 bits per heavy atom. The molecular formula is C40H34N8O2. The van der Waals surface area contributed by atoms with Crippen LogP contribution in [0.4, 0.5) is 22.7 Å². The molecule has 0 atom stereocenters. The minimum atomic E-state index is 0.423. The van der Waals surface area contributed by atoms with E-state index in [9.17, 15) is 0 Å². The number of anilines is 2. The van der Waals surface area contributed by atoms with E-state index in [4.69, 9.17) is 9.47 Å². The SMILES string of the molecule is COc1cc(-c2ccc(N=N/C(=N/Nc3ccccc3)c3ccccc3)c(OC)c2)ccc1N=N/C(=N/Nc1ccccc1)c1ccccc1. The predicted molar refractivity (Wildman–Crippen MR) is 200 cm³/mol. The number of rotatable bonds is 11. The average Bonchev–Trinajstić information content (AvgIpc) is 3.19. The molecule has 6 aromatic carbocycles. The van der Waals surface area contributed by atoms with E-state index in [-0.39, 0.29) is 0 Å². The molecule has 0 spiro atoms. The molecule has 6 aromatic rings. The van der Waals surface area contributed by atoms with Crippen LogP contribution in [0.3, 0.4) is 0 Å². The summed E-state index contributed by atoms with van der Waals surface area (Å²) in [4.78, 5) is 0. The van der Waals surface area contributed by atoms with Gasteiger partial charge in [0.25, 0.3) is 0 Å². The van der Waals surface area contributed by atoms with Crippen molar-refractivity contribution in [2.24, 2.45) is 30.7 Å². The summed E-state index contributed by atoms with van der Waals surface area (Å²) in [5, 5.41) is 27.0. The molecule has 0 saturated heterocycles. The Bertz CT molecular complexity index is 1970. The van der Waals surface area contributed by atoms with Crippen LogP contribution in [0.1, 0.15) is 11.1 Å². The Morgan fingerprint density at radius 2 is 0.800 bits per heavy atom. The summed E-state index contributed by atoms with van der Waals surface area (Å²) in [7, 11) is 3.20. The van der Waals surface area contributed by atoms with Crippen molar-refractivity contribution in [1.82, 2.24) is 0 Å². The zero-order chi connectivity index (χ0) is 34.4. The summed E-state index contributed by atoms with van der Waals surface area (Å²) in [6.07, 6.45) is 0. The first-order chi connectivity index (χ1) is 24.7. The molecule has 2 N–H and O–H groups in total. The molecule has 0 fully saturated rings. The van der Waals surface area contributed by atoms with Crippen LogP contribution in [0.5, 0.6) is 11.5 Å². The molecule has 0 heterocycles. The highest BCUT2D eigenvalue weighted by Gasteiger charge is 2.11. The van der Waals surface area contributed by atoms with Crippen molar-refractivity contribution in [2.75, 3.05) is 25.1 Å². The van der Waals surface area contributed by atoms with Crippen LogP contribution in [0, 0.1) is 0 Å². The van der Waals surface area contributed by atoms with Crippen molar-refractivity contribution >= 4 is 34.4 Å². The minimum Gasteiger partial charge on any atom is -0.494 e. The Labute approximate surface area is 290 Å². The van der Waals surface area contributed by atoms with E-state index in [2.05, 4.69) is 41.5 Å². The summed E-state index contributed by atoms with van der Waals surface area (Å²) in [6.45, 7) is 0. The molecule has 246 valence electrons. The van der Waals surface area contributed by atoms with Gasteiger partial charge >= 0.3 is 0 Å². The second-order valence-corrected chi connectivity index (χ2v) is 10.7. The molecule has 0 aromatic heterocycles. The molecule has 6 rings (SSSR count). The monoisotopic (exact) mass is 658 g/mol. The van der Waals surface area contributed by atoms with Crippen molar-refractivity contribution in [3.8, 4) is 22.6 Å². The summed E-state index contributed by atoms with van der Waals surface area (Å²) in [5.74, 6) is 1.94. The van der Waals surface area contributed by atoms with Gasteiger partial charge in [-0.3, -0.25) is 10.9 Å². The first-order valence-corrected chi connectivity index (χ1v) is 15.8. The highest BCUT2D eigenvalue weighted by molar-refractivity contribution is 6.00. The van der Waals surface area contributed by atoms with Crippen molar-refractivity contribution in [2.45, 2.75) is 0 Å². The van der Waals surface area contributed by atoms with E-state index in [1.165, 1.54) is 0 Å². The van der Waals surface area contributed by atoms with Gasteiger partial charge < -0.3 is 9.47 Å². The van der Waals surface area contributed by atoms with Crippen LogP contribution in [0.25, 0.3) is 11.1 Å². The maximum absolute atomic E-state index is 5.72. The van der Waals surface area contributed by atoms with Crippen molar-refractivity contribution in [3.05, 3.63) is 169 Å². The van der Waals surface area contributed by atoms with E-state index in [0.29, 0.717) is 34.5 Å². The minimum absolute atomic E-state index is 0.423. The number of nitrogens with zero attached hydrogens (tertiary/aromatic N) is 6. The quantitative estimate of drug-likeness (QED) is 0.0623. The molecule has 0 radical (unpaired) electrons. The van der Waals surface area contributed by atoms with E-state index in [0.717, 1.165) is 33.6 Å². The summed E-state index contributed by atoms with van der Waals surface area (Å²) < 4.78 is 11.4. The first kappa shape index (κ1) is 33.0. The highest BCUT2D eigenvalue weighted by atomic mass is 16.5. The fourth-order valence-corrected chi connectivity index (χ4v) is 4.81. The van der Waals surface area contributed by atoms with Gasteiger partial charge in [0.2, 0.25) is 11.7 Å². The normalized spacial score (nSPS) is 11.9. The number of amidine groups is 2. The number of benzene rings is 6. The average molecular weight is 659 g/mol. The van der Waals surface area contributed by atoms with Gasteiger partial charge in [-0.15, -0.1) is 20.5 Å². The number of nitrogens with one attached hydrogen (secondary N) is 2. The smallest absolute Gasteiger partial charge is 0.201 e. The fraction of sp³-hybridized carbons (Fsp3) is 0.0500.